The molecule has 2 aromatic heterocycles. The fourth-order valence-corrected chi connectivity index (χ4v) is 4.04. The zero-order valence-corrected chi connectivity index (χ0v) is 17.1. The number of rotatable bonds is 5. The van der Waals surface area contributed by atoms with Crippen molar-refractivity contribution in [3.8, 4) is 0 Å². The van der Waals surface area contributed by atoms with E-state index in [4.69, 9.17) is 0 Å². The van der Waals surface area contributed by atoms with Gasteiger partial charge in [0.2, 0.25) is 5.91 Å². The molecule has 1 aliphatic heterocycles. The second-order valence-corrected chi connectivity index (χ2v) is 7.85. The number of fused-ring (bicyclic) bond motifs is 1. The van der Waals surface area contributed by atoms with Crippen molar-refractivity contribution >= 4 is 35.1 Å². The minimum Gasteiger partial charge on any atom is -0.352 e. The molecule has 0 unspecified atom stereocenters. The van der Waals surface area contributed by atoms with E-state index in [1.54, 1.807) is 35.3 Å². The molecule has 0 radical (unpaired) electrons. The van der Waals surface area contributed by atoms with Crippen molar-refractivity contribution in [2.75, 3.05) is 22.5 Å². The largest absolute Gasteiger partial charge is 0.352 e. The Morgan fingerprint density at radius 1 is 1.03 bits per heavy atom. The number of pyridine rings is 2. The van der Waals surface area contributed by atoms with Gasteiger partial charge in [-0.15, -0.1) is 11.8 Å². The van der Waals surface area contributed by atoms with Crippen LogP contribution in [0.5, 0.6) is 0 Å². The fourth-order valence-electron chi connectivity index (χ4n) is 3.11. The summed E-state index contributed by atoms with van der Waals surface area (Å²) in [6, 6.07) is 14.6. The van der Waals surface area contributed by atoms with Gasteiger partial charge in [0.15, 0.2) is 0 Å². The number of hydrogen-bond acceptors (Lipinski definition) is 5. The Balaban J connectivity index is 1.32. The summed E-state index contributed by atoms with van der Waals surface area (Å²) in [6.45, 7) is 1.08. The highest BCUT2D eigenvalue weighted by molar-refractivity contribution is 7.99. The third-order valence-corrected chi connectivity index (χ3v) is 5.60. The average Bonchev–Trinajstić information content (AvgIpc) is 2.79. The molecule has 0 bridgehead atoms. The molecule has 152 valence electrons. The van der Waals surface area contributed by atoms with E-state index in [1.165, 1.54) is 0 Å². The first-order valence-corrected chi connectivity index (χ1v) is 10.6. The van der Waals surface area contributed by atoms with Gasteiger partial charge in [0.25, 0.3) is 0 Å². The van der Waals surface area contributed by atoms with Crippen LogP contribution < -0.4 is 15.5 Å². The summed E-state index contributed by atoms with van der Waals surface area (Å²) < 4.78 is 0. The monoisotopic (exact) mass is 419 g/mol. The smallest absolute Gasteiger partial charge is 0.326 e. The topological polar surface area (TPSA) is 87.2 Å². The van der Waals surface area contributed by atoms with Gasteiger partial charge in [-0.05, 0) is 41.5 Å². The van der Waals surface area contributed by atoms with Gasteiger partial charge in [0, 0.05) is 43.1 Å². The summed E-state index contributed by atoms with van der Waals surface area (Å²) >= 11 is 1.65. The number of hydrogen-bond donors (Lipinski definition) is 2. The van der Waals surface area contributed by atoms with Crippen LogP contribution in [0, 0.1) is 0 Å². The lowest BCUT2D eigenvalue weighted by Crippen LogP contribution is -2.38. The quantitative estimate of drug-likeness (QED) is 0.661. The predicted octanol–water partition coefficient (Wildman–Crippen LogP) is 3.48. The van der Waals surface area contributed by atoms with E-state index >= 15 is 0 Å². The first-order valence-electron chi connectivity index (χ1n) is 9.60. The number of carbonyl (C=O) groups excluding carboxylic acids is 2. The second-order valence-electron chi connectivity index (χ2n) is 6.77. The van der Waals surface area contributed by atoms with Gasteiger partial charge in [0.05, 0.1) is 12.1 Å². The van der Waals surface area contributed by atoms with Crippen molar-refractivity contribution < 1.29 is 9.59 Å². The summed E-state index contributed by atoms with van der Waals surface area (Å²) in [5.41, 5.74) is 3.34. The minimum atomic E-state index is -0.188. The molecule has 0 aliphatic carbocycles. The third-order valence-electron chi connectivity index (χ3n) is 4.62. The van der Waals surface area contributed by atoms with Gasteiger partial charge in [-0.2, -0.15) is 0 Å². The summed E-state index contributed by atoms with van der Waals surface area (Å²) in [4.78, 5) is 34.9. The van der Waals surface area contributed by atoms with Gasteiger partial charge < -0.3 is 10.6 Å². The molecule has 3 aromatic rings. The lowest BCUT2D eigenvalue weighted by Gasteiger charge is -2.28. The molecule has 0 saturated heterocycles. The van der Waals surface area contributed by atoms with Gasteiger partial charge in [-0.25, -0.2) is 9.78 Å². The molecule has 0 saturated carbocycles. The number of anilines is 2. The number of urea groups is 1. The SMILES string of the molecule is O=C(Cc1ccc(NC(=O)N2CCSc3ncccc32)cc1)NCc1cccnc1. The second kappa shape index (κ2) is 9.41. The maximum Gasteiger partial charge on any atom is 0.326 e. The first kappa shape index (κ1) is 19.9. The van der Waals surface area contributed by atoms with Crippen molar-refractivity contribution in [2.45, 2.75) is 18.0 Å². The Bertz CT molecular complexity index is 1030. The molecular weight excluding hydrogens is 398 g/mol. The van der Waals surface area contributed by atoms with E-state index < -0.39 is 0 Å². The molecule has 3 amide bonds. The van der Waals surface area contributed by atoms with Gasteiger partial charge in [-0.3, -0.25) is 14.7 Å². The lowest BCUT2D eigenvalue weighted by atomic mass is 10.1. The molecule has 8 heteroatoms. The van der Waals surface area contributed by atoms with Crippen LogP contribution in [0.3, 0.4) is 0 Å². The van der Waals surface area contributed by atoms with Crippen molar-refractivity contribution in [2.24, 2.45) is 0 Å². The molecule has 0 atom stereocenters. The van der Waals surface area contributed by atoms with Crippen LogP contribution in [0.1, 0.15) is 11.1 Å². The molecular formula is C22H21N5O2S. The number of carbonyl (C=O) groups is 2. The van der Waals surface area contributed by atoms with Gasteiger partial charge in [-0.1, -0.05) is 18.2 Å². The predicted molar refractivity (Wildman–Crippen MR) is 118 cm³/mol. The normalized spacial score (nSPS) is 12.7. The van der Waals surface area contributed by atoms with E-state index in [9.17, 15) is 9.59 Å². The molecule has 0 fully saturated rings. The van der Waals surface area contributed by atoms with Crippen molar-refractivity contribution in [3.05, 3.63) is 78.2 Å². The van der Waals surface area contributed by atoms with Crippen LogP contribution in [-0.2, 0) is 17.8 Å². The van der Waals surface area contributed by atoms with E-state index in [0.29, 0.717) is 18.8 Å². The van der Waals surface area contributed by atoms with E-state index in [-0.39, 0.29) is 18.4 Å². The number of benzene rings is 1. The number of amides is 3. The van der Waals surface area contributed by atoms with Crippen molar-refractivity contribution in [1.82, 2.24) is 15.3 Å². The molecule has 0 spiro atoms. The highest BCUT2D eigenvalue weighted by Gasteiger charge is 2.23. The fraction of sp³-hybridized carbons (Fsp3) is 0.182. The Morgan fingerprint density at radius 3 is 2.67 bits per heavy atom. The molecule has 4 rings (SSSR count). The van der Waals surface area contributed by atoms with E-state index in [1.807, 2.05) is 48.5 Å². The summed E-state index contributed by atoms with van der Waals surface area (Å²) in [5, 5.41) is 6.67. The summed E-state index contributed by atoms with van der Waals surface area (Å²) in [5.74, 6) is 0.746. The number of nitrogens with zero attached hydrogens (tertiary/aromatic N) is 3. The number of aromatic nitrogens is 2. The van der Waals surface area contributed by atoms with Gasteiger partial charge in [0.1, 0.15) is 5.03 Å². The molecule has 30 heavy (non-hydrogen) atoms. The maximum atomic E-state index is 12.7. The highest BCUT2D eigenvalue weighted by Crippen LogP contribution is 2.32. The number of nitrogens with one attached hydrogen (secondary N) is 2. The highest BCUT2D eigenvalue weighted by atomic mass is 32.2. The Labute approximate surface area is 178 Å². The van der Waals surface area contributed by atoms with Crippen molar-refractivity contribution in [1.29, 1.82) is 0 Å². The Hall–Kier alpha value is -3.39. The van der Waals surface area contributed by atoms with Crippen molar-refractivity contribution in [3.63, 3.8) is 0 Å². The standard InChI is InChI=1S/C22H21N5O2S/c28-20(25-15-17-3-1-9-23-14-17)13-16-5-7-18(8-6-16)26-22(29)27-11-12-30-21-19(27)4-2-10-24-21/h1-10,14H,11-13,15H2,(H,25,28)(H,26,29). The van der Waals surface area contributed by atoms with Gasteiger partial charge >= 0.3 is 6.03 Å². The van der Waals surface area contributed by atoms with Crippen LogP contribution in [0.4, 0.5) is 16.2 Å². The van der Waals surface area contributed by atoms with Crippen LogP contribution in [0.25, 0.3) is 0 Å². The zero-order chi connectivity index (χ0) is 20.8. The van der Waals surface area contributed by atoms with Crippen LogP contribution in [0.15, 0.2) is 72.1 Å². The maximum absolute atomic E-state index is 12.7. The lowest BCUT2D eigenvalue weighted by molar-refractivity contribution is -0.120. The Morgan fingerprint density at radius 2 is 1.87 bits per heavy atom. The molecule has 1 aromatic carbocycles. The van der Waals surface area contributed by atoms with E-state index in [0.717, 1.165) is 27.6 Å². The molecule has 1 aliphatic rings. The molecule has 7 nitrogen and oxygen atoms in total. The number of thioether (sulfide) groups is 1. The summed E-state index contributed by atoms with van der Waals surface area (Å²) in [7, 11) is 0. The summed E-state index contributed by atoms with van der Waals surface area (Å²) in [6.07, 6.45) is 5.44. The molecule has 3 heterocycles. The third kappa shape index (κ3) is 4.96. The average molecular weight is 420 g/mol. The first-order chi connectivity index (χ1) is 14.7. The Kier molecular flexibility index (Phi) is 6.24. The molecule has 2 N–H and O–H groups in total. The zero-order valence-electron chi connectivity index (χ0n) is 16.2. The van der Waals surface area contributed by atoms with Crippen LogP contribution >= 0.6 is 11.8 Å². The van der Waals surface area contributed by atoms with E-state index in [2.05, 4.69) is 20.6 Å². The minimum absolute atomic E-state index is 0.0643. The van der Waals surface area contributed by atoms with Crippen LogP contribution in [0.2, 0.25) is 0 Å². The van der Waals surface area contributed by atoms with Crippen LogP contribution in [-0.4, -0.2) is 34.2 Å².